The molecule has 0 rings (SSSR count). The van der Waals surface area contributed by atoms with Crippen molar-refractivity contribution in [2.24, 2.45) is 0 Å². The Hall–Kier alpha value is -0.0800. The van der Waals surface area contributed by atoms with Gasteiger partial charge in [-0.1, -0.05) is 20.3 Å². The minimum atomic E-state index is 0.257. The molecule has 0 amide bonds. The fourth-order valence-electron chi connectivity index (χ4n) is 0.200. The SMILES string of the molecule is CCC.CN(C)CCO. The van der Waals surface area contributed by atoms with Crippen molar-refractivity contribution < 1.29 is 5.11 Å². The molecule has 0 heterocycles. The number of aliphatic hydroxyl groups excluding tert-OH is 1. The summed E-state index contributed by atoms with van der Waals surface area (Å²) in [4.78, 5) is 1.93. The summed E-state index contributed by atoms with van der Waals surface area (Å²) in [7, 11) is 3.85. The van der Waals surface area contributed by atoms with E-state index in [1.165, 1.54) is 6.42 Å². The van der Waals surface area contributed by atoms with Gasteiger partial charge in [0.05, 0.1) is 6.61 Å². The minimum Gasteiger partial charge on any atom is -0.395 e. The second kappa shape index (κ2) is 10.8. The van der Waals surface area contributed by atoms with Gasteiger partial charge in [0.2, 0.25) is 0 Å². The number of nitrogens with zero attached hydrogens (tertiary/aromatic N) is 1. The van der Waals surface area contributed by atoms with Gasteiger partial charge in [0.15, 0.2) is 0 Å². The first-order chi connectivity index (χ1) is 4.18. The lowest BCUT2D eigenvalue weighted by molar-refractivity contribution is 0.243. The lowest BCUT2D eigenvalue weighted by Gasteiger charge is -2.03. The molecule has 0 aliphatic heterocycles. The van der Waals surface area contributed by atoms with Gasteiger partial charge in [-0.05, 0) is 14.1 Å². The van der Waals surface area contributed by atoms with E-state index < -0.39 is 0 Å². The van der Waals surface area contributed by atoms with Crippen LogP contribution in [0, 0.1) is 0 Å². The molecule has 2 heteroatoms. The largest absolute Gasteiger partial charge is 0.395 e. The molecule has 0 bridgehead atoms. The molecule has 0 aliphatic carbocycles. The maximum atomic E-state index is 8.20. The Morgan fingerprint density at radius 3 is 1.56 bits per heavy atom. The van der Waals surface area contributed by atoms with Gasteiger partial charge in [-0.2, -0.15) is 0 Å². The predicted octanol–water partition coefficient (Wildman–Crippen LogP) is 0.957. The first kappa shape index (κ1) is 11.7. The molecule has 0 aromatic rings. The molecule has 0 aromatic carbocycles. The van der Waals surface area contributed by atoms with Crippen molar-refractivity contribution in [2.75, 3.05) is 27.2 Å². The quantitative estimate of drug-likeness (QED) is 0.606. The molecule has 9 heavy (non-hydrogen) atoms. The third-order valence-electron chi connectivity index (χ3n) is 0.547. The Balaban J connectivity index is 0. The second-order valence-corrected chi connectivity index (χ2v) is 2.23. The summed E-state index contributed by atoms with van der Waals surface area (Å²) in [5.74, 6) is 0. The molecule has 0 atom stereocenters. The van der Waals surface area contributed by atoms with Crippen LogP contribution in [0.2, 0.25) is 0 Å². The monoisotopic (exact) mass is 133 g/mol. The van der Waals surface area contributed by atoms with Crippen LogP contribution in [0.3, 0.4) is 0 Å². The highest BCUT2D eigenvalue weighted by molar-refractivity contribution is 4.34. The van der Waals surface area contributed by atoms with Crippen molar-refractivity contribution >= 4 is 0 Å². The third-order valence-corrected chi connectivity index (χ3v) is 0.547. The van der Waals surface area contributed by atoms with E-state index in [4.69, 9.17) is 5.11 Å². The van der Waals surface area contributed by atoms with Crippen LogP contribution in [0.15, 0.2) is 0 Å². The third kappa shape index (κ3) is 32.6. The highest BCUT2D eigenvalue weighted by Crippen LogP contribution is 1.66. The normalized spacial score (nSPS) is 8.67. The first-order valence-electron chi connectivity index (χ1n) is 3.44. The molecule has 0 saturated carbocycles. The number of aliphatic hydroxyl groups is 1. The standard InChI is InChI=1S/C4H11NO.C3H8/c1-5(2)3-4-6;1-3-2/h6H,3-4H2,1-2H3;3H2,1-2H3. The predicted molar refractivity (Wildman–Crippen MR) is 41.6 cm³/mol. The lowest BCUT2D eigenvalue weighted by Crippen LogP contribution is -2.15. The van der Waals surface area contributed by atoms with Crippen molar-refractivity contribution in [3.05, 3.63) is 0 Å². The maximum absolute atomic E-state index is 8.20. The average molecular weight is 133 g/mol. The maximum Gasteiger partial charge on any atom is 0.0558 e. The van der Waals surface area contributed by atoms with Crippen LogP contribution in [0.25, 0.3) is 0 Å². The summed E-state index contributed by atoms with van der Waals surface area (Å²) in [5.41, 5.74) is 0. The van der Waals surface area contributed by atoms with Gasteiger partial charge < -0.3 is 10.0 Å². The van der Waals surface area contributed by atoms with E-state index in [1.54, 1.807) is 0 Å². The number of hydrogen-bond donors (Lipinski definition) is 1. The minimum absolute atomic E-state index is 0.257. The van der Waals surface area contributed by atoms with Gasteiger partial charge in [0, 0.05) is 6.54 Å². The van der Waals surface area contributed by atoms with Gasteiger partial charge in [-0.3, -0.25) is 0 Å². The van der Waals surface area contributed by atoms with Crippen molar-refractivity contribution in [3.63, 3.8) is 0 Å². The summed E-state index contributed by atoms with van der Waals surface area (Å²) < 4.78 is 0. The molecule has 0 unspecified atom stereocenters. The van der Waals surface area contributed by atoms with E-state index in [2.05, 4.69) is 13.8 Å². The van der Waals surface area contributed by atoms with Crippen molar-refractivity contribution in [1.29, 1.82) is 0 Å². The number of likely N-dealkylation sites (N-methyl/N-ethyl adjacent to an activating group) is 1. The smallest absolute Gasteiger partial charge is 0.0558 e. The Morgan fingerprint density at radius 2 is 1.56 bits per heavy atom. The van der Waals surface area contributed by atoms with E-state index >= 15 is 0 Å². The topological polar surface area (TPSA) is 23.5 Å². The highest BCUT2D eigenvalue weighted by Gasteiger charge is 1.80. The Labute approximate surface area is 58.5 Å². The zero-order chi connectivity index (χ0) is 7.70. The molecular weight excluding hydrogens is 114 g/mol. The van der Waals surface area contributed by atoms with Gasteiger partial charge in [0.25, 0.3) is 0 Å². The molecule has 1 N–H and O–H groups in total. The second-order valence-electron chi connectivity index (χ2n) is 2.23. The van der Waals surface area contributed by atoms with Crippen LogP contribution in [-0.2, 0) is 0 Å². The Bertz CT molecular complexity index is 37.9. The fourth-order valence-corrected chi connectivity index (χ4v) is 0.200. The molecular formula is C7H19NO. The van der Waals surface area contributed by atoms with Gasteiger partial charge in [-0.15, -0.1) is 0 Å². The van der Waals surface area contributed by atoms with Crippen molar-refractivity contribution in [1.82, 2.24) is 4.90 Å². The van der Waals surface area contributed by atoms with Crippen LogP contribution in [-0.4, -0.2) is 37.3 Å². The van der Waals surface area contributed by atoms with Crippen molar-refractivity contribution in [3.8, 4) is 0 Å². The molecule has 0 saturated heterocycles. The van der Waals surface area contributed by atoms with E-state index in [0.29, 0.717) is 0 Å². The van der Waals surface area contributed by atoms with Crippen LogP contribution >= 0.6 is 0 Å². The van der Waals surface area contributed by atoms with Crippen LogP contribution < -0.4 is 0 Å². The Kier molecular flexibility index (Phi) is 14.0. The number of hydrogen-bond acceptors (Lipinski definition) is 2. The zero-order valence-corrected chi connectivity index (χ0v) is 7.02. The summed E-state index contributed by atoms with van der Waals surface area (Å²) in [5, 5.41) is 8.20. The number of rotatable bonds is 2. The zero-order valence-electron chi connectivity index (χ0n) is 7.02. The molecule has 58 valence electrons. The molecule has 0 aliphatic rings. The highest BCUT2D eigenvalue weighted by atomic mass is 16.3. The summed E-state index contributed by atoms with van der Waals surface area (Å²) in [6.07, 6.45) is 1.25. The van der Waals surface area contributed by atoms with E-state index in [0.717, 1.165) is 6.54 Å². The van der Waals surface area contributed by atoms with Gasteiger partial charge in [-0.25, -0.2) is 0 Å². The Morgan fingerprint density at radius 1 is 1.22 bits per heavy atom. The molecule has 2 nitrogen and oxygen atoms in total. The molecule has 0 fully saturated rings. The van der Waals surface area contributed by atoms with E-state index in [-0.39, 0.29) is 6.61 Å². The van der Waals surface area contributed by atoms with Crippen LogP contribution in [0.5, 0.6) is 0 Å². The molecule has 0 aromatic heterocycles. The van der Waals surface area contributed by atoms with Crippen LogP contribution in [0.1, 0.15) is 20.3 Å². The van der Waals surface area contributed by atoms with Gasteiger partial charge in [0.1, 0.15) is 0 Å². The summed E-state index contributed by atoms with van der Waals surface area (Å²) in [6, 6.07) is 0. The average Bonchev–Trinajstić information content (AvgIpc) is 1.67. The molecule has 0 spiro atoms. The summed E-state index contributed by atoms with van der Waals surface area (Å²) >= 11 is 0. The van der Waals surface area contributed by atoms with Crippen molar-refractivity contribution in [2.45, 2.75) is 20.3 Å². The van der Waals surface area contributed by atoms with E-state index in [9.17, 15) is 0 Å². The first-order valence-corrected chi connectivity index (χ1v) is 3.44. The van der Waals surface area contributed by atoms with Crippen LogP contribution in [0.4, 0.5) is 0 Å². The summed E-state index contributed by atoms with van der Waals surface area (Å²) in [6.45, 7) is 5.27. The lowest BCUT2D eigenvalue weighted by atomic mass is 10.6. The fraction of sp³-hybridized carbons (Fsp3) is 1.00. The van der Waals surface area contributed by atoms with Gasteiger partial charge >= 0.3 is 0 Å². The molecule has 0 radical (unpaired) electrons. The van der Waals surface area contributed by atoms with E-state index in [1.807, 2.05) is 19.0 Å².